The SMILES string of the molecule is O=C(Nc1ccc(OC(F)(F)F)cc1)c1cc([N+](=O)[O-])ccc1Sc1ccccc1. The molecule has 1 N–H and O–H groups in total. The number of amides is 1. The number of carbonyl (C=O) groups is 1. The molecule has 0 atom stereocenters. The maximum atomic E-state index is 12.8. The zero-order valence-electron chi connectivity index (χ0n) is 15.1. The highest BCUT2D eigenvalue weighted by atomic mass is 32.2. The van der Waals surface area contributed by atoms with Crippen LogP contribution in [0.5, 0.6) is 5.75 Å². The van der Waals surface area contributed by atoms with Gasteiger partial charge >= 0.3 is 6.36 Å². The third-order valence-corrected chi connectivity index (χ3v) is 4.82. The Morgan fingerprint density at radius 2 is 1.67 bits per heavy atom. The Bertz CT molecular complexity index is 1060. The van der Waals surface area contributed by atoms with E-state index in [1.807, 2.05) is 30.3 Å². The fourth-order valence-corrected chi connectivity index (χ4v) is 3.40. The highest BCUT2D eigenvalue weighted by Gasteiger charge is 2.31. The van der Waals surface area contributed by atoms with Crippen LogP contribution >= 0.6 is 11.8 Å². The number of rotatable bonds is 6. The van der Waals surface area contributed by atoms with Gasteiger partial charge in [-0.05, 0) is 42.5 Å². The number of benzene rings is 3. The molecule has 0 radical (unpaired) electrons. The molecule has 154 valence electrons. The molecule has 3 rings (SSSR count). The molecule has 0 saturated carbocycles. The van der Waals surface area contributed by atoms with Crippen LogP contribution in [-0.4, -0.2) is 17.2 Å². The lowest BCUT2D eigenvalue weighted by molar-refractivity contribution is -0.384. The van der Waals surface area contributed by atoms with Crippen LogP contribution in [0.25, 0.3) is 0 Å². The molecule has 0 spiro atoms. The lowest BCUT2D eigenvalue weighted by atomic mass is 10.2. The fraction of sp³-hybridized carbons (Fsp3) is 0.0500. The molecule has 0 aliphatic carbocycles. The summed E-state index contributed by atoms with van der Waals surface area (Å²) in [7, 11) is 0. The van der Waals surface area contributed by atoms with E-state index >= 15 is 0 Å². The maximum Gasteiger partial charge on any atom is 0.573 e. The number of alkyl halides is 3. The molecule has 0 bridgehead atoms. The van der Waals surface area contributed by atoms with E-state index in [1.165, 1.54) is 36.0 Å². The van der Waals surface area contributed by atoms with Crippen molar-refractivity contribution >= 4 is 29.0 Å². The lowest BCUT2D eigenvalue weighted by Gasteiger charge is -2.12. The summed E-state index contributed by atoms with van der Waals surface area (Å²) in [6.45, 7) is 0. The van der Waals surface area contributed by atoms with Gasteiger partial charge in [-0.2, -0.15) is 0 Å². The van der Waals surface area contributed by atoms with Crippen molar-refractivity contribution in [3.8, 4) is 5.75 Å². The molecular weight excluding hydrogens is 421 g/mol. The Morgan fingerprint density at radius 1 is 1.00 bits per heavy atom. The monoisotopic (exact) mass is 434 g/mol. The molecule has 30 heavy (non-hydrogen) atoms. The van der Waals surface area contributed by atoms with Crippen LogP contribution in [0.3, 0.4) is 0 Å². The first-order valence-corrected chi connectivity index (χ1v) is 9.21. The zero-order chi connectivity index (χ0) is 21.7. The smallest absolute Gasteiger partial charge is 0.406 e. The van der Waals surface area contributed by atoms with Crippen molar-refractivity contribution in [1.29, 1.82) is 0 Å². The van der Waals surface area contributed by atoms with Gasteiger partial charge in [-0.1, -0.05) is 30.0 Å². The quantitative estimate of drug-likeness (QED) is 0.386. The van der Waals surface area contributed by atoms with Crippen molar-refractivity contribution in [2.45, 2.75) is 16.2 Å². The molecule has 0 aliphatic heterocycles. The predicted octanol–water partition coefficient (Wildman–Crippen LogP) is 5.90. The highest BCUT2D eigenvalue weighted by molar-refractivity contribution is 7.99. The van der Waals surface area contributed by atoms with Crippen LogP contribution in [-0.2, 0) is 0 Å². The number of nitrogens with zero attached hydrogens (tertiary/aromatic N) is 1. The van der Waals surface area contributed by atoms with Gasteiger partial charge in [-0.25, -0.2) is 0 Å². The van der Waals surface area contributed by atoms with Crippen molar-refractivity contribution in [2.75, 3.05) is 5.32 Å². The normalized spacial score (nSPS) is 11.0. The minimum atomic E-state index is -4.82. The third kappa shape index (κ3) is 5.74. The van der Waals surface area contributed by atoms with Gasteiger partial charge in [0.05, 0.1) is 10.5 Å². The summed E-state index contributed by atoms with van der Waals surface area (Å²) < 4.78 is 40.5. The van der Waals surface area contributed by atoms with Gasteiger partial charge in [0.25, 0.3) is 11.6 Å². The Kier molecular flexibility index (Phi) is 6.26. The molecule has 0 unspecified atom stereocenters. The van der Waals surface area contributed by atoms with E-state index in [-0.39, 0.29) is 16.9 Å². The van der Waals surface area contributed by atoms with Gasteiger partial charge in [-0.15, -0.1) is 13.2 Å². The first kappa shape index (κ1) is 21.2. The molecule has 0 aromatic heterocycles. The second-order valence-electron chi connectivity index (χ2n) is 5.88. The number of nitro groups is 1. The molecule has 0 saturated heterocycles. The van der Waals surface area contributed by atoms with Crippen molar-refractivity contribution in [3.05, 3.63) is 88.5 Å². The van der Waals surface area contributed by atoms with Crippen molar-refractivity contribution in [1.82, 2.24) is 0 Å². The predicted molar refractivity (Wildman–Crippen MR) is 105 cm³/mol. The lowest BCUT2D eigenvalue weighted by Crippen LogP contribution is -2.17. The van der Waals surface area contributed by atoms with Crippen molar-refractivity contribution < 1.29 is 27.6 Å². The van der Waals surface area contributed by atoms with Crippen LogP contribution in [0.15, 0.2) is 82.6 Å². The number of anilines is 1. The summed E-state index contributed by atoms with van der Waals surface area (Å²) in [5, 5.41) is 13.6. The number of nitrogens with one attached hydrogen (secondary N) is 1. The average molecular weight is 434 g/mol. The Balaban J connectivity index is 1.84. The largest absolute Gasteiger partial charge is 0.573 e. The number of nitro benzene ring substituents is 1. The topological polar surface area (TPSA) is 81.5 Å². The highest BCUT2D eigenvalue weighted by Crippen LogP contribution is 2.33. The van der Waals surface area contributed by atoms with Crippen LogP contribution in [0.2, 0.25) is 0 Å². The van der Waals surface area contributed by atoms with E-state index in [9.17, 15) is 28.1 Å². The maximum absolute atomic E-state index is 12.8. The molecule has 0 aliphatic rings. The van der Waals surface area contributed by atoms with E-state index in [0.29, 0.717) is 4.90 Å². The second kappa shape index (κ2) is 8.87. The minimum Gasteiger partial charge on any atom is -0.406 e. The second-order valence-corrected chi connectivity index (χ2v) is 6.99. The van der Waals surface area contributed by atoms with Crippen molar-refractivity contribution in [3.63, 3.8) is 0 Å². The van der Waals surface area contributed by atoms with Crippen LogP contribution in [0.1, 0.15) is 10.4 Å². The number of hydrogen-bond donors (Lipinski definition) is 1. The number of ether oxygens (including phenoxy) is 1. The first-order valence-electron chi connectivity index (χ1n) is 8.40. The number of non-ortho nitro benzene ring substituents is 1. The Labute approximate surface area is 172 Å². The van der Waals surface area contributed by atoms with Crippen LogP contribution < -0.4 is 10.1 Å². The van der Waals surface area contributed by atoms with E-state index in [1.54, 1.807) is 0 Å². The summed E-state index contributed by atoms with van der Waals surface area (Å²) in [5.41, 5.74) is 0.0110. The van der Waals surface area contributed by atoms with Gasteiger partial charge in [0, 0.05) is 27.6 Å². The summed E-state index contributed by atoms with van der Waals surface area (Å²) >= 11 is 1.25. The zero-order valence-corrected chi connectivity index (χ0v) is 15.9. The van der Waals surface area contributed by atoms with E-state index < -0.39 is 22.9 Å². The Hall–Kier alpha value is -3.53. The van der Waals surface area contributed by atoms with Crippen LogP contribution in [0, 0.1) is 10.1 Å². The third-order valence-electron chi connectivity index (χ3n) is 3.74. The Morgan fingerprint density at radius 3 is 2.27 bits per heavy atom. The molecule has 1 amide bonds. The minimum absolute atomic E-state index is 0.0636. The molecule has 0 fully saturated rings. The number of carbonyl (C=O) groups excluding carboxylic acids is 1. The van der Waals surface area contributed by atoms with Gasteiger partial charge in [0.1, 0.15) is 5.75 Å². The first-order chi connectivity index (χ1) is 14.2. The number of halogens is 3. The standard InChI is InChI=1S/C20H13F3N2O4S/c21-20(22,23)29-15-9-6-13(7-10-15)24-19(26)17-12-14(25(27)28)8-11-18(17)30-16-4-2-1-3-5-16/h1-12H,(H,24,26). The van der Waals surface area contributed by atoms with Gasteiger partial charge in [0.15, 0.2) is 0 Å². The molecule has 6 nitrogen and oxygen atoms in total. The fourth-order valence-electron chi connectivity index (χ4n) is 2.45. The van der Waals surface area contributed by atoms with E-state index in [4.69, 9.17) is 0 Å². The average Bonchev–Trinajstić information content (AvgIpc) is 2.69. The molecule has 10 heteroatoms. The van der Waals surface area contributed by atoms with Gasteiger partial charge < -0.3 is 10.1 Å². The van der Waals surface area contributed by atoms with Gasteiger partial charge in [0.2, 0.25) is 0 Å². The van der Waals surface area contributed by atoms with E-state index in [0.717, 1.165) is 23.1 Å². The molecule has 0 heterocycles. The van der Waals surface area contributed by atoms with E-state index in [2.05, 4.69) is 10.1 Å². The molecule has 3 aromatic carbocycles. The van der Waals surface area contributed by atoms with Crippen molar-refractivity contribution in [2.24, 2.45) is 0 Å². The summed E-state index contributed by atoms with van der Waals surface area (Å²) in [6.07, 6.45) is -4.82. The van der Waals surface area contributed by atoms with Gasteiger partial charge in [-0.3, -0.25) is 14.9 Å². The number of hydrogen-bond acceptors (Lipinski definition) is 5. The van der Waals surface area contributed by atoms with Crippen LogP contribution in [0.4, 0.5) is 24.5 Å². The molecule has 3 aromatic rings. The molecular formula is C20H13F3N2O4S. The summed E-state index contributed by atoms with van der Waals surface area (Å²) in [4.78, 5) is 24.6. The summed E-state index contributed by atoms with van der Waals surface area (Å²) in [6, 6.07) is 17.6. The summed E-state index contributed by atoms with van der Waals surface area (Å²) in [5.74, 6) is -1.07.